The molecule has 0 saturated carbocycles. The van der Waals surface area contributed by atoms with Gasteiger partial charge < -0.3 is 0 Å². The van der Waals surface area contributed by atoms with E-state index >= 15 is 0 Å². The molecule has 0 saturated heterocycles. The van der Waals surface area contributed by atoms with Crippen molar-refractivity contribution >= 4 is 36.1 Å². The van der Waals surface area contributed by atoms with Crippen molar-refractivity contribution in [1.82, 2.24) is 14.9 Å². The number of nitrogens with one attached hydrogen (secondary N) is 1. The van der Waals surface area contributed by atoms with Crippen LogP contribution >= 0.6 is 23.8 Å². The van der Waals surface area contributed by atoms with Crippen molar-refractivity contribution in [2.75, 3.05) is 0 Å². The standard InChI is InChI=1S/C21H21ClN4S/c1-21(2,3)17-11-9-16(10-12-17)19-24-25-20(27)26(19)23-14-18(22)13-15-7-5-4-6-8-15/h4-14H,1-3H3,(H,25,27). The van der Waals surface area contributed by atoms with Gasteiger partial charge in [-0.2, -0.15) is 14.9 Å². The van der Waals surface area contributed by atoms with Gasteiger partial charge in [-0.15, -0.1) is 0 Å². The van der Waals surface area contributed by atoms with Crippen molar-refractivity contribution in [3.63, 3.8) is 0 Å². The number of H-pyrrole nitrogens is 1. The largest absolute Gasteiger partial charge is 0.250 e. The van der Waals surface area contributed by atoms with Gasteiger partial charge in [0.2, 0.25) is 4.77 Å². The first kappa shape index (κ1) is 19.3. The third-order valence-electron chi connectivity index (χ3n) is 4.06. The second kappa shape index (κ2) is 8.03. The monoisotopic (exact) mass is 396 g/mol. The van der Waals surface area contributed by atoms with E-state index in [1.165, 1.54) is 5.56 Å². The number of halogens is 1. The minimum absolute atomic E-state index is 0.0944. The molecule has 0 radical (unpaired) electrons. The normalized spacial score (nSPS) is 12.7. The minimum atomic E-state index is 0.0944. The van der Waals surface area contributed by atoms with E-state index in [1.54, 1.807) is 10.9 Å². The lowest BCUT2D eigenvalue weighted by Crippen LogP contribution is -2.10. The highest BCUT2D eigenvalue weighted by atomic mass is 35.5. The van der Waals surface area contributed by atoms with E-state index < -0.39 is 0 Å². The average Bonchev–Trinajstić information content (AvgIpc) is 3.01. The molecule has 3 aromatic rings. The molecular weight excluding hydrogens is 376 g/mol. The molecule has 0 fully saturated rings. The summed E-state index contributed by atoms with van der Waals surface area (Å²) in [5.41, 5.74) is 3.28. The zero-order chi connectivity index (χ0) is 19.4. The van der Waals surface area contributed by atoms with E-state index in [4.69, 9.17) is 23.8 Å². The number of aromatic amines is 1. The molecule has 0 aliphatic rings. The fourth-order valence-corrected chi connectivity index (χ4v) is 2.91. The van der Waals surface area contributed by atoms with E-state index in [9.17, 15) is 0 Å². The van der Waals surface area contributed by atoms with Gasteiger partial charge in [0.25, 0.3) is 0 Å². The molecule has 1 aromatic heterocycles. The van der Waals surface area contributed by atoms with Gasteiger partial charge >= 0.3 is 0 Å². The van der Waals surface area contributed by atoms with Crippen LogP contribution in [0.5, 0.6) is 0 Å². The van der Waals surface area contributed by atoms with Gasteiger partial charge in [-0.05, 0) is 34.8 Å². The second-order valence-corrected chi connectivity index (χ2v) is 8.00. The lowest BCUT2D eigenvalue weighted by molar-refractivity contribution is 0.590. The maximum Gasteiger partial charge on any atom is 0.216 e. The first-order valence-corrected chi connectivity index (χ1v) is 9.38. The second-order valence-electron chi connectivity index (χ2n) is 7.18. The molecule has 3 rings (SSSR count). The lowest BCUT2D eigenvalue weighted by atomic mass is 9.87. The molecule has 1 N–H and O–H groups in total. The number of allylic oxidation sites excluding steroid dienone is 1. The number of benzene rings is 2. The van der Waals surface area contributed by atoms with Gasteiger partial charge in [-0.3, -0.25) is 0 Å². The van der Waals surface area contributed by atoms with Gasteiger partial charge in [0.15, 0.2) is 5.82 Å². The maximum atomic E-state index is 6.29. The molecule has 0 aliphatic carbocycles. The van der Waals surface area contributed by atoms with Crippen LogP contribution in [0, 0.1) is 4.77 Å². The summed E-state index contributed by atoms with van der Waals surface area (Å²) < 4.78 is 1.98. The summed E-state index contributed by atoms with van der Waals surface area (Å²) in [5.74, 6) is 0.640. The predicted octanol–water partition coefficient (Wildman–Crippen LogP) is 6.02. The molecule has 0 unspecified atom stereocenters. The summed E-state index contributed by atoms with van der Waals surface area (Å²) in [6.07, 6.45) is 3.40. The van der Waals surface area contributed by atoms with Crippen LogP contribution in [-0.4, -0.2) is 21.1 Å². The Labute approximate surface area is 169 Å². The summed E-state index contributed by atoms with van der Waals surface area (Å²) >= 11 is 11.6. The number of hydrogen-bond donors (Lipinski definition) is 1. The maximum absolute atomic E-state index is 6.29. The fraction of sp³-hybridized carbons (Fsp3) is 0.190. The minimum Gasteiger partial charge on any atom is -0.250 e. The van der Waals surface area contributed by atoms with Crippen molar-refractivity contribution in [1.29, 1.82) is 0 Å². The summed E-state index contributed by atoms with van der Waals surface area (Å²) in [6, 6.07) is 18.1. The SMILES string of the molecule is CC(C)(C)c1ccc(-c2n[nH]c(=S)n2N=CC(Cl)=Cc2ccccc2)cc1. The first-order chi connectivity index (χ1) is 12.8. The third-order valence-corrected chi connectivity index (χ3v) is 4.53. The molecule has 0 spiro atoms. The van der Waals surface area contributed by atoms with Crippen molar-refractivity contribution < 1.29 is 0 Å². The Bertz CT molecular complexity index is 1020. The smallest absolute Gasteiger partial charge is 0.216 e. The van der Waals surface area contributed by atoms with Crippen LogP contribution in [0.3, 0.4) is 0 Å². The van der Waals surface area contributed by atoms with Crippen molar-refractivity contribution in [2.24, 2.45) is 5.10 Å². The quantitative estimate of drug-likeness (QED) is 0.433. The van der Waals surface area contributed by atoms with Crippen molar-refractivity contribution in [3.05, 3.63) is 75.5 Å². The third kappa shape index (κ3) is 4.81. The van der Waals surface area contributed by atoms with Crippen LogP contribution in [-0.2, 0) is 5.41 Å². The summed E-state index contributed by atoms with van der Waals surface area (Å²) in [5, 5.41) is 12.0. The Morgan fingerprint density at radius 1 is 1.11 bits per heavy atom. The molecule has 0 amide bonds. The molecule has 0 bridgehead atoms. The van der Waals surface area contributed by atoms with Crippen LogP contribution in [0.25, 0.3) is 17.5 Å². The van der Waals surface area contributed by atoms with Gasteiger partial charge in [-0.1, -0.05) is 87.0 Å². The van der Waals surface area contributed by atoms with E-state index in [0.29, 0.717) is 15.6 Å². The van der Waals surface area contributed by atoms with Crippen molar-refractivity contribution in [2.45, 2.75) is 26.2 Å². The zero-order valence-electron chi connectivity index (χ0n) is 15.5. The Hall–Kier alpha value is -2.50. The van der Waals surface area contributed by atoms with E-state index in [1.807, 2.05) is 48.5 Å². The highest BCUT2D eigenvalue weighted by Crippen LogP contribution is 2.25. The molecule has 27 heavy (non-hydrogen) atoms. The van der Waals surface area contributed by atoms with Gasteiger partial charge in [-0.25, -0.2) is 5.10 Å². The first-order valence-electron chi connectivity index (χ1n) is 8.59. The Morgan fingerprint density at radius 3 is 2.41 bits per heavy atom. The summed E-state index contributed by atoms with van der Waals surface area (Å²) in [4.78, 5) is 0. The van der Waals surface area contributed by atoms with E-state index in [2.05, 4.69) is 48.2 Å². The molecule has 1 heterocycles. The number of hydrogen-bond acceptors (Lipinski definition) is 3. The predicted molar refractivity (Wildman–Crippen MR) is 116 cm³/mol. The fourth-order valence-electron chi connectivity index (χ4n) is 2.56. The Morgan fingerprint density at radius 2 is 1.78 bits per heavy atom. The van der Waals surface area contributed by atoms with Gasteiger partial charge in [0.1, 0.15) is 0 Å². The topological polar surface area (TPSA) is 46.0 Å². The number of nitrogens with zero attached hydrogens (tertiary/aromatic N) is 3. The molecular formula is C21H21ClN4S. The average molecular weight is 397 g/mol. The molecule has 4 nitrogen and oxygen atoms in total. The molecule has 138 valence electrons. The van der Waals surface area contributed by atoms with E-state index in [0.717, 1.165) is 11.1 Å². The highest BCUT2D eigenvalue weighted by Gasteiger charge is 2.14. The molecule has 2 aromatic carbocycles. The van der Waals surface area contributed by atoms with Gasteiger partial charge in [0.05, 0.1) is 11.2 Å². The van der Waals surface area contributed by atoms with Crippen LogP contribution in [0.15, 0.2) is 64.7 Å². The van der Waals surface area contributed by atoms with Crippen LogP contribution in [0.2, 0.25) is 0 Å². The highest BCUT2D eigenvalue weighted by molar-refractivity contribution is 7.71. The summed E-state index contributed by atoms with van der Waals surface area (Å²) in [6.45, 7) is 6.55. The Kier molecular flexibility index (Phi) is 5.73. The lowest BCUT2D eigenvalue weighted by Gasteiger charge is -2.18. The summed E-state index contributed by atoms with van der Waals surface area (Å²) in [7, 11) is 0. The van der Waals surface area contributed by atoms with E-state index in [-0.39, 0.29) is 5.41 Å². The molecule has 0 aliphatic heterocycles. The number of rotatable bonds is 4. The zero-order valence-corrected chi connectivity index (χ0v) is 17.1. The molecule has 0 atom stereocenters. The van der Waals surface area contributed by atoms with Crippen molar-refractivity contribution in [3.8, 4) is 11.4 Å². The molecule has 6 heteroatoms. The van der Waals surface area contributed by atoms with Crippen LogP contribution in [0.4, 0.5) is 0 Å². The van der Waals surface area contributed by atoms with Crippen LogP contribution in [0.1, 0.15) is 31.9 Å². The Balaban J connectivity index is 1.89. The number of aromatic nitrogens is 3. The van der Waals surface area contributed by atoms with Gasteiger partial charge in [0, 0.05) is 5.56 Å². The van der Waals surface area contributed by atoms with Crippen LogP contribution < -0.4 is 0 Å².